The minimum Gasteiger partial charge on any atom is -0.330 e. The number of nitrogens with one attached hydrogen (secondary N) is 1. The number of nitrogens with two attached hydrogens (primary N) is 2. The van der Waals surface area contributed by atoms with Gasteiger partial charge in [0.1, 0.15) is 0 Å². The van der Waals surface area contributed by atoms with Crippen LogP contribution in [0.4, 0.5) is 0 Å². The summed E-state index contributed by atoms with van der Waals surface area (Å²) < 4.78 is 22.5. The number of hydrogen-bond donors (Lipinski definition) is 3. The van der Waals surface area contributed by atoms with Crippen LogP contribution in [-0.4, -0.2) is 21.5 Å². The fraction of sp³-hybridized carbons (Fsp3) is 0.500. The normalized spacial score (nSPS) is 13.5. The van der Waals surface area contributed by atoms with Gasteiger partial charge in [-0.05, 0) is 50.6 Å². The lowest BCUT2D eigenvalue weighted by atomic mass is 10.1. The molecule has 0 fully saturated rings. The molecule has 18 heavy (non-hydrogen) atoms. The highest BCUT2D eigenvalue weighted by molar-refractivity contribution is 7.89. The number of benzene rings is 1. The predicted molar refractivity (Wildman–Crippen MR) is 72.5 cm³/mol. The topological polar surface area (TPSA) is 98.2 Å². The first kappa shape index (κ1) is 15.1. The first-order chi connectivity index (χ1) is 8.45. The number of primary sulfonamides is 1. The van der Waals surface area contributed by atoms with Gasteiger partial charge in [0.2, 0.25) is 10.0 Å². The molecular weight excluding hydrogens is 250 g/mol. The summed E-state index contributed by atoms with van der Waals surface area (Å²) in [5.74, 6) is 0. The molecule has 0 aliphatic rings. The Labute approximate surface area is 109 Å². The first-order valence-corrected chi connectivity index (χ1v) is 7.56. The van der Waals surface area contributed by atoms with E-state index in [1.54, 1.807) is 12.1 Å². The van der Waals surface area contributed by atoms with Gasteiger partial charge in [-0.2, -0.15) is 0 Å². The van der Waals surface area contributed by atoms with E-state index >= 15 is 0 Å². The SMILES string of the molecule is CC(NCCCCN)c1cccc(S(N)(=O)=O)c1. The molecule has 1 rings (SSSR count). The van der Waals surface area contributed by atoms with Crippen molar-refractivity contribution in [2.24, 2.45) is 10.9 Å². The molecule has 1 aromatic carbocycles. The zero-order valence-corrected chi connectivity index (χ0v) is 11.4. The molecule has 0 saturated carbocycles. The van der Waals surface area contributed by atoms with Crippen LogP contribution >= 0.6 is 0 Å². The van der Waals surface area contributed by atoms with Crippen molar-refractivity contribution in [1.29, 1.82) is 0 Å². The molecule has 0 bridgehead atoms. The molecule has 1 aromatic rings. The Morgan fingerprint density at radius 2 is 2.06 bits per heavy atom. The zero-order valence-electron chi connectivity index (χ0n) is 10.6. The third-order valence-electron chi connectivity index (χ3n) is 2.77. The Hall–Kier alpha value is -0.950. The molecule has 1 atom stereocenters. The molecule has 1 unspecified atom stereocenters. The van der Waals surface area contributed by atoms with E-state index in [1.807, 2.05) is 13.0 Å². The van der Waals surface area contributed by atoms with Gasteiger partial charge in [-0.25, -0.2) is 13.6 Å². The summed E-state index contributed by atoms with van der Waals surface area (Å²) in [7, 11) is -3.63. The van der Waals surface area contributed by atoms with E-state index in [4.69, 9.17) is 10.9 Å². The summed E-state index contributed by atoms with van der Waals surface area (Å²) in [6, 6.07) is 6.78. The van der Waals surface area contributed by atoms with Gasteiger partial charge in [0.15, 0.2) is 0 Å². The summed E-state index contributed by atoms with van der Waals surface area (Å²) >= 11 is 0. The lowest BCUT2D eigenvalue weighted by molar-refractivity contribution is 0.547. The molecule has 0 spiro atoms. The second kappa shape index (κ2) is 6.84. The molecule has 0 saturated heterocycles. The van der Waals surface area contributed by atoms with Crippen molar-refractivity contribution in [2.75, 3.05) is 13.1 Å². The maximum atomic E-state index is 11.3. The Bertz CT molecular complexity index is 474. The average Bonchev–Trinajstić information content (AvgIpc) is 2.33. The molecule has 6 heteroatoms. The molecule has 5 nitrogen and oxygen atoms in total. The van der Waals surface area contributed by atoms with Crippen LogP contribution in [-0.2, 0) is 10.0 Å². The first-order valence-electron chi connectivity index (χ1n) is 6.01. The van der Waals surface area contributed by atoms with Crippen molar-refractivity contribution >= 4 is 10.0 Å². The van der Waals surface area contributed by atoms with Crippen molar-refractivity contribution in [3.8, 4) is 0 Å². The van der Waals surface area contributed by atoms with Crippen molar-refractivity contribution in [1.82, 2.24) is 5.32 Å². The molecule has 0 heterocycles. The van der Waals surface area contributed by atoms with Crippen LogP contribution in [0, 0.1) is 0 Å². The Balaban J connectivity index is 2.66. The highest BCUT2D eigenvalue weighted by atomic mass is 32.2. The molecule has 0 aliphatic carbocycles. The van der Waals surface area contributed by atoms with Gasteiger partial charge in [0, 0.05) is 6.04 Å². The van der Waals surface area contributed by atoms with E-state index in [0.29, 0.717) is 6.54 Å². The Morgan fingerprint density at radius 1 is 1.33 bits per heavy atom. The van der Waals surface area contributed by atoms with E-state index in [-0.39, 0.29) is 10.9 Å². The Kier molecular flexibility index (Phi) is 5.74. The third kappa shape index (κ3) is 4.73. The molecule has 0 aromatic heterocycles. The summed E-state index contributed by atoms with van der Waals surface area (Å²) in [5, 5.41) is 8.42. The van der Waals surface area contributed by atoms with Crippen LogP contribution in [0.2, 0.25) is 0 Å². The molecule has 5 N–H and O–H groups in total. The minimum absolute atomic E-state index is 0.0875. The van der Waals surface area contributed by atoms with E-state index in [0.717, 1.165) is 24.9 Å². The third-order valence-corrected chi connectivity index (χ3v) is 3.68. The highest BCUT2D eigenvalue weighted by Gasteiger charge is 2.10. The van der Waals surface area contributed by atoms with Gasteiger partial charge in [0.25, 0.3) is 0 Å². The van der Waals surface area contributed by atoms with Gasteiger partial charge in [-0.3, -0.25) is 0 Å². The van der Waals surface area contributed by atoms with Crippen molar-refractivity contribution in [3.63, 3.8) is 0 Å². The predicted octanol–water partition coefficient (Wildman–Crippen LogP) is 0.724. The number of rotatable bonds is 7. The van der Waals surface area contributed by atoms with Crippen molar-refractivity contribution < 1.29 is 8.42 Å². The fourth-order valence-electron chi connectivity index (χ4n) is 1.67. The van der Waals surface area contributed by atoms with E-state index in [9.17, 15) is 8.42 Å². The van der Waals surface area contributed by atoms with Crippen LogP contribution in [0.1, 0.15) is 31.4 Å². The van der Waals surface area contributed by atoms with E-state index < -0.39 is 10.0 Å². The number of hydrogen-bond acceptors (Lipinski definition) is 4. The van der Waals surface area contributed by atoms with Gasteiger partial charge >= 0.3 is 0 Å². The second-order valence-corrected chi connectivity index (χ2v) is 5.85. The maximum absolute atomic E-state index is 11.3. The zero-order chi connectivity index (χ0) is 13.6. The quantitative estimate of drug-likeness (QED) is 0.636. The summed E-state index contributed by atoms with van der Waals surface area (Å²) in [6.45, 7) is 3.54. The lowest BCUT2D eigenvalue weighted by Gasteiger charge is -2.14. The molecule has 0 aliphatic heterocycles. The van der Waals surface area contributed by atoms with Crippen LogP contribution < -0.4 is 16.2 Å². The van der Waals surface area contributed by atoms with Crippen LogP contribution in [0.25, 0.3) is 0 Å². The molecular formula is C12H21N3O2S. The van der Waals surface area contributed by atoms with Gasteiger partial charge in [-0.1, -0.05) is 12.1 Å². The molecule has 0 amide bonds. The average molecular weight is 271 g/mol. The number of unbranched alkanes of at least 4 members (excludes halogenated alkanes) is 1. The van der Waals surface area contributed by atoms with Crippen LogP contribution in [0.15, 0.2) is 29.2 Å². The fourth-order valence-corrected chi connectivity index (χ4v) is 2.24. The second-order valence-electron chi connectivity index (χ2n) is 4.29. The lowest BCUT2D eigenvalue weighted by Crippen LogP contribution is -2.21. The standard InChI is InChI=1S/C12H21N3O2S/c1-10(15-8-3-2-7-13)11-5-4-6-12(9-11)18(14,16)17/h4-6,9-10,15H,2-3,7-8,13H2,1H3,(H2,14,16,17). The minimum atomic E-state index is -3.63. The summed E-state index contributed by atoms with van der Waals surface area (Å²) in [6.07, 6.45) is 1.99. The van der Waals surface area contributed by atoms with Gasteiger partial charge in [0.05, 0.1) is 4.90 Å². The van der Waals surface area contributed by atoms with Gasteiger partial charge < -0.3 is 11.1 Å². The molecule has 0 radical (unpaired) electrons. The monoisotopic (exact) mass is 271 g/mol. The van der Waals surface area contributed by atoms with Crippen molar-refractivity contribution in [2.45, 2.75) is 30.7 Å². The van der Waals surface area contributed by atoms with E-state index in [2.05, 4.69) is 5.32 Å². The number of sulfonamides is 1. The highest BCUT2D eigenvalue weighted by Crippen LogP contribution is 2.16. The molecule has 102 valence electrons. The summed E-state index contributed by atoms with van der Waals surface area (Å²) in [4.78, 5) is 0.149. The van der Waals surface area contributed by atoms with Crippen molar-refractivity contribution in [3.05, 3.63) is 29.8 Å². The van der Waals surface area contributed by atoms with Crippen LogP contribution in [0.5, 0.6) is 0 Å². The Morgan fingerprint density at radius 3 is 2.67 bits per heavy atom. The van der Waals surface area contributed by atoms with Crippen LogP contribution in [0.3, 0.4) is 0 Å². The van der Waals surface area contributed by atoms with E-state index in [1.165, 1.54) is 6.07 Å². The largest absolute Gasteiger partial charge is 0.330 e. The summed E-state index contributed by atoms with van der Waals surface area (Å²) in [5.41, 5.74) is 6.33. The smallest absolute Gasteiger partial charge is 0.238 e. The van der Waals surface area contributed by atoms with Gasteiger partial charge in [-0.15, -0.1) is 0 Å². The maximum Gasteiger partial charge on any atom is 0.238 e.